The molecular formula is C28H37NO2. The zero-order chi connectivity index (χ0) is 21.5. The van der Waals surface area contributed by atoms with Gasteiger partial charge in [0.05, 0.1) is 6.61 Å². The first-order valence-corrected chi connectivity index (χ1v) is 12.3. The number of ether oxygens (including phenoxy) is 1. The highest BCUT2D eigenvalue weighted by molar-refractivity contribution is 5.69. The van der Waals surface area contributed by atoms with E-state index in [1.165, 1.54) is 41.6 Å². The van der Waals surface area contributed by atoms with Crippen LogP contribution in [0.2, 0.25) is 0 Å². The Morgan fingerprint density at radius 3 is 2.48 bits per heavy atom. The number of piperidine rings is 1. The van der Waals surface area contributed by atoms with Gasteiger partial charge < -0.3 is 9.64 Å². The summed E-state index contributed by atoms with van der Waals surface area (Å²) >= 11 is 0. The number of benzene rings is 2. The van der Waals surface area contributed by atoms with Gasteiger partial charge in [0.25, 0.3) is 0 Å². The predicted octanol–water partition coefficient (Wildman–Crippen LogP) is 5.17. The van der Waals surface area contributed by atoms with E-state index in [2.05, 4.69) is 47.4 Å². The molecule has 1 atom stereocenters. The molecule has 7 rings (SSSR count). The molecule has 0 aromatic heterocycles. The van der Waals surface area contributed by atoms with Gasteiger partial charge >= 0.3 is 5.97 Å². The summed E-state index contributed by atoms with van der Waals surface area (Å²) in [6.07, 6.45) is 9.76. The quantitative estimate of drug-likeness (QED) is 0.580. The van der Waals surface area contributed by atoms with Crippen LogP contribution in [-0.2, 0) is 41.6 Å². The van der Waals surface area contributed by atoms with Crippen LogP contribution in [0.1, 0.15) is 60.4 Å². The Kier molecular flexibility index (Phi) is 7.80. The molecule has 0 radical (unpaired) electrons. The number of hydrogen-bond acceptors (Lipinski definition) is 3. The lowest BCUT2D eigenvalue weighted by molar-refractivity contribution is -0.144. The fraction of sp³-hybridized carbons (Fsp3) is 0.536. The summed E-state index contributed by atoms with van der Waals surface area (Å²) in [6.45, 7) is 5.71. The number of carbonyl (C=O) groups excluding carboxylic acids is 1. The lowest BCUT2D eigenvalue weighted by Crippen LogP contribution is -2.37. The largest absolute Gasteiger partial charge is 0.466 e. The van der Waals surface area contributed by atoms with Crippen molar-refractivity contribution in [3.8, 4) is 0 Å². The zero-order valence-electron chi connectivity index (χ0n) is 19.1. The zero-order valence-corrected chi connectivity index (χ0v) is 19.1. The van der Waals surface area contributed by atoms with Crippen LogP contribution in [0.4, 0.5) is 0 Å². The molecule has 1 aliphatic heterocycles. The van der Waals surface area contributed by atoms with Crippen LogP contribution in [0.15, 0.2) is 42.5 Å². The van der Waals surface area contributed by atoms with Crippen LogP contribution in [0.3, 0.4) is 0 Å². The minimum absolute atomic E-state index is 0.0293. The molecule has 0 saturated carbocycles. The SMILES string of the molecule is CCOC(=O)CC1CCCN(CCCc2cc3ccc2CCc2ccc(cc2)CC3)C1. The summed E-state index contributed by atoms with van der Waals surface area (Å²) in [5.41, 5.74) is 7.42. The Morgan fingerprint density at radius 2 is 1.71 bits per heavy atom. The van der Waals surface area contributed by atoms with Gasteiger partial charge in [-0.2, -0.15) is 0 Å². The lowest BCUT2D eigenvalue weighted by atomic mass is 9.91. The standard InChI is InChI=1S/C28H37NO2/c1-2-31-28(30)20-25-5-3-17-29(21-25)18-4-6-27-19-24-12-11-22-7-9-23(10-8-22)13-15-26(27)16-14-24/h7-10,14,16,19,25H,2-6,11-13,15,17-18,20-21H2,1H3. The average molecular weight is 420 g/mol. The molecule has 3 nitrogen and oxygen atoms in total. The van der Waals surface area contributed by atoms with Crippen LogP contribution < -0.4 is 0 Å². The molecule has 0 spiro atoms. The number of likely N-dealkylation sites (tertiary alicyclic amines) is 1. The summed E-state index contributed by atoms with van der Waals surface area (Å²) in [4.78, 5) is 14.4. The molecule has 4 bridgehead atoms. The smallest absolute Gasteiger partial charge is 0.306 e. The molecule has 1 unspecified atom stereocenters. The summed E-state index contributed by atoms with van der Waals surface area (Å²) in [5.74, 6) is 0.432. The first-order valence-electron chi connectivity index (χ1n) is 12.3. The molecule has 0 N–H and O–H groups in total. The van der Waals surface area contributed by atoms with E-state index < -0.39 is 0 Å². The minimum atomic E-state index is -0.0293. The second kappa shape index (κ2) is 10.9. The van der Waals surface area contributed by atoms with Crippen LogP contribution >= 0.6 is 0 Å². The predicted molar refractivity (Wildman–Crippen MR) is 126 cm³/mol. The third kappa shape index (κ3) is 6.43. The second-order valence-corrected chi connectivity index (χ2v) is 9.34. The van der Waals surface area contributed by atoms with Gasteiger partial charge in [-0.05, 0) is 105 Å². The van der Waals surface area contributed by atoms with E-state index in [-0.39, 0.29) is 5.97 Å². The van der Waals surface area contributed by atoms with E-state index in [1.807, 2.05) is 6.92 Å². The Labute approximate surface area is 187 Å². The fourth-order valence-corrected chi connectivity index (χ4v) is 5.22. The molecule has 1 heterocycles. The van der Waals surface area contributed by atoms with Gasteiger partial charge in [0.1, 0.15) is 0 Å². The minimum Gasteiger partial charge on any atom is -0.466 e. The summed E-state index contributed by atoms with van der Waals surface area (Å²) < 4.78 is 5.16. The Morgan fingerprint density at radius 1 is 1.00 bits per heavy atom. The number of rotatable bonds is 7. The maximum atomic E-state index is 11.8. The number of hydrogen-bond donors (Lipinski definition) is 0. The van der Waals surface area contributed by atoms with Crippen LogP contribution in [0, 0.1) is 5.92 Å². The van der Waals surface area contributed by atoms with E-state index in [4.69, 9.17) is 4.74 Å². The van der Waals surface area contributed by atoms with Crippen molar-refractivity contribution < 1.29 is 9.53 Å². The average Bonchev–Trinajstić information content (AvgIpc) is 2.76. The highest BCUT2D eigenvalue weighted by Crippen LogP contribution is 2.23. The normalized spacial score (nSPS) is 19.1. The van der Waals surface area contributed by atoms with Crippen molar-refractivity contribution in [2.75, 3.05) is 26.2 Å². The van der Waals surface area contributed by atoms with Gasteiger partial charge in [0.15, 0.2) is 0 Å². The molecule has 3 heteroatoms. The van der Waals surface area contributed by atoms with E-state index in [0.717, 1.165) is 51.6 Å². The van der Waals surface area contributed by atoms with Crippen molar-refractivity contribution >= 4 is 5.97 Å². The topological polar surface area (TPSA) is 29.5 Å². The van der Waals surface area contributed by atoms with Crippen molar-refractivity contribution in [1.82, 2.24) is 4.90 Å². The number of esters is 1. The molecule has 5 aliphatic rings. The van der Waals surface area contributed by atoms with Gasteiger partial charge in [-0.15, -0.1) is 0 Å². The van der Waals surface area contributed by atoms with Crippen LogP contribution in [0.25, 0.3) is 0 Å². The van der Waals surface area contributed by atoms with Gasteiger partial charge in [0.2, 0.25) is 0 Å². The molecule has 166 valence electrons. The molecule has 1 saturated heterocycles. The fourth-order valence-electron chi connectivity index (χ4n) is 5.22. The Bertz CT molecular complexity index is 858. The highest BCUT2D eigenvalue weighted by Gasteiger charge is 2.22. The second-order valence-electron chi connectivity index (χ2n) is 9.34. The molecular weight excluding hydrogens is 382 g/mol. The van der Waals surface area contributed by atoms with Crippen molar-refractivity contribution in [3.05, 3.63) is 70.3 Å². The van der Waals surface area contributed by atoms with Crippen molar-refractivity contribution in [3.63, 3.8) is 0 Å². The monoisotopic (exact) mass is 419 g/mol. The number of nitrogens with zero attached hydrogens (tertiary/aromatic N) is 1. The van der Waals surface area contributed by atoms with Crippen LogP contribution in [0.5, 0.6) is 0 Å². The number of carbonyl (C=O) groups is 1. The van der Waals surface area contributed by atoms with Crippen LogP contribution in [-0.4, -0.2) is 37.1 Å². The van der Waals surface area contributed by atoms with Gasteiger partial charge in [-0.25, -0.2) is 0 Å². The van der Waals surface area contributed by atoms with E-state index >= 15 is 0 Å². The Balaban J connectivity index is 1.33. The summed E-state index contributed by atoms with van der Waals surface area (Å²) in [6, 6.07) is 16.4. The first kappa shape index (κ1) is 22.1. The van der Waals surface area contributed by atoms with E-state index in [1.54, 1.807) is 5.56 Å². The first-order chi connectivity index (χ1) is 15.2. The van der Waals surface area contributed by atoms with Gasteiger partial charge in [0, 0.05) is 13.0 Å². The maximum Gasteiger partial charge on any atom is 0.306 e. The van der Waals surface area contributed by atoms with Crippen molar-refractivity contribution in [2.24, 2.45) is 5.92 Å². The van der Waals surface area contributed by atoms with E-state index in [0.29, 0.717) is 18.9 Å². The molecule has 2 aromatic carbocycles. The Hall–Kier alpha value is -2.13. The van der Waals surface area contributed by atoms with E-state index in [9.17, 15) is 4.79 Å². The van der Waals surface area contributed by atoms with Gasteiger partial charge in [-0.1, -0.05) is 42.5 Å². The molecule has 0 amide bonds. The third-order valence-electron chi connectivity index (χ3n) is 6.96. The molecule has 1 fully saturated rings. The van der Waals surface area contributed by atoms with Crippen molar-refractivity contribution in [2.45, 2.75) is 64.7 Å². The lowest BCUT2D eigenvalue weighted by Gasteiger charge is -2.32. The van der Waals surface area contributed by atoms with Crippen molar-refractivity contribution in [1.29, 1.82) is 0 Å². The third-order valence-corrected chi connectivity index (χ3v) is 6.96. The number of aryl methyl sites for hydroxylation is 5. The molecule has 4 aliphatic carbocycles. The highest BCUT2D eigenvalue weighted by atomic mass is 16.5. The molecule has 2 aromatic rings. The summed E-state index contributed by atoms with van der Waals surface area (Å²) in [5, 5.41) is 0. The maximum absolute atomic E-state index is 11.8. The molecule has 31 heavy (non-hydrogen) atoms. The summed E-state index contributed by atoms with van der Waals surface area (Å²) in [7, 11) is 0. The van der Waals surface area contributed by atoms with Gasteiger partial charge in [-0.3, -0.25) is 4.79 Å².